The van der Waals surface area contributed by atoms with Gasteiger partial charge in [0.2, 0.25) is 0 Å². The van der Waals surface area contributed by atoms with Gasteiger partial charge in [-0.2, -0.15) is 5.10 Å². The summed E-state index contributed by atoms with van der Waals surface area (Å²) in [5.74, 6) is 1.66. The SMILES string of the molecule is COc1cc(C(=O)N/N=C/c2cc(Br)c(OCc3ccc(Cl)cc3)c(OC)c2)ccc1OCc1ccccc1. The van der Waals surface area contributed by atoms with Crippen LogP contribution in [-0.2, 0) is 13.2 Å². The molecular formula is C30H26BrClN2O5. The third kappa shape index (κ3) is 7.75. The summed E-state index contributed by atoms with van der Waals surface area (Å²) < 4.78 is 23.4. The summed E-state index contributed by atoms with van der Waals surface area (Å²) in [5, 5.41) is 4.76. The van der Waals surface area contributed by atoms with Crippen molar-refractivity contribution in [2.24, 2.45) is 5.10 Å². The predicted molar refractivity (Wildman–Crippen MR) is 155 cm³/mol. The van der Waals surface area contributed by atoms with Crippen LogP contribution in [0.2, 0.25) is 5.02 Å². The number of amides is 1. The second-order valence-electron chi connectivity index (χ2n) is 8.29. The van der Waals surface area contributed by atoms with Crippen molar-refractivity contribution >= 4 is 39.7 Å². The lowest BCUT2D eigenvalue weighted by Gasteiger charge is -2.13. The molecule has 0 aliphatic rings. The molecule has 7 nitrogen and oxygen atoms in total. The van der Waals surface area contributed by atoms with Crippen molar-refractivity contribution in [3.05, 3.63) is 117 Å². The van der Waals surface area contributed by atoms with Crippen LogP contribution in [0.3, 0.4) is 0 Å². The Kier molecular flexibility index (Phi) is 9.83. The summed E-state index contributed by atoms with van der Waals surface area (Å²) in [6.07, 6.45) is 1.52. The first-order chi connectivity index (χ1) is 19.0. The third-order valence-corrected chi connectivity index (χ3v) is 6.43. The Labute approximate surface area is 240 Å². The molecule has 4 rings (SSSR count). The van der Waals surface area contributed by atoms with Crippen molar-refractivity contribution in [1.29, 1.82) is 0 Å². The maximum absolute atomic E-state index is 12.7. The minimum atomic E-state index is -0.395. The molecule has 0 saturated carbocycles. The number of hydrazone groups is 1. The normalized spacial score (nSPS) is 10.8. The highest BCUT2D eigenvalue weighted by Crippen LogP contribution is 2.37. The fraction of sp³-hybridized carbons (Fsp3) is 0.133. The van der Waals surface area contributed by atoms with Crippen molar-refractivity contribution in [1.82, 2.24) is 5.43 Å². The first kappa shape index (κ1) is 28.0. The highest BCUT2D eigenvalue weighted by atomic mass is 79.9. The van der Waals surface area contributed by atoms with Crippen molar-refractivity contribution in [2.45, 2.75) is 13.2 Å². The molecule has 0 heterocycles. The Morgan fingerprint density at radius 1 is 0.846 bits per heavy atom. The summed E-state index contributed by atoms with van der Waals surface area (Å²) >= 11 is 9.48. The average molecular weight is 610 g/mol. The molecule has 39 heavy (non-hydrogen) atoms. The molecule has 1 N–H and O–H groups in total. The monoisotopic (exact) mass is 608 g/mol. The summed E-state index contributed by atoms with van der Waals surface area (Å²) in [7, 11) is 3.08. The summed E-state index contributed by atoms with van der Waals surface area (Å²) in [4.78, 5) is 12.7. The van der Waals surface area contributed by atoms with Gasteiger partial charge in [0.25, 0.3) is 5.91 Å². The number of hydrogen-bond acceptors (Lipinski definition) is 6. The minimum absolute atomic E-state index is 0.342. The van der Waals surface area contributed by atoms with E-state index in [1.165, 1.54) is 13.3 Å². The van der Waals surface area contributed by atoms with Gasteiger partial charge in [-0.1, -0.05) is 54.1 Å². The van der Waals surface area contributed by atoms with Crippen LogP contribution in [-0.4, -0.2) is 26.3 Å². The number of methoxy groups -OCH3 is 2. The molecule has 0 atom stereocenters. The lowest BCUT2D eigenvalue weighted by atomic mass is 10.2. The van der Waals surface area contributed by atoms with Crippen LogP contribution in [0.1, 0.15) is 27.0 Å². The van der Waals surface area contributed by atoms with Gasteiger partial charge in [0, 0.05) is 10.6 Å². The van der Waals surface area contributed by atoms with E-state index in [1.54, 1.807) is 31.4 Å². The topological polar surface area (TPSA) is 78.4 Å². The lowest BCUT2D eigenvalue weighted by Crippen LogP contribution is -2.17. The number of benzene rings is 4. The molecule has 0 aliphatic carbocycles. The van der Waals surface area contributed by atoms with Crippen LogP contribution in [0.25, 0.3) is 0 Å². The van der Waals surface area contributed by atoms with Crippen LogP contribution in [0.5, 0.6) is 23.0 Å². The standard InChI is InChI=1S/C30H26BrClN2O5/c1-36-27-16-23(10-13-26(27)38-18-20-6-4-3-5-7-20)30(35)34-33-17-22-14-25(31)29(28(15-22)37-2)39-19-21-8-11-24(32)12-9-21/h3-17H,18-19H2,1-2H3,(H,34,35)/b33-17+. The number of nitrogens with one attached hydrogen (secondary N) is 1. The zero-order chi connectivity index (χ0) is 27.6. The molecule has 0 aliphatic heterocycles. The maximum atomic E-state index is 12.7. The Bertz CT molecular complexity index is 1450. The van der Waals surface area contributed by atoms with Gasteiger partial charge >= 0.3 is 0 Å². The quantitative estimate of drug-likeness (QED) is 0.146. The minimum Gasteiger partial charge on any atom is -0.493 e. The van der Waals surface area contributed by atoms with Crippen molar-refractivity contribution < 1.29 is 23.7 Å². The number of carbonyl (C=O) groups excluding carboxylic acids is 1. The van der Waals surface area contributed by atoms with E-state index in [-0.39, 0.29) is 0 Å². The zero-order valence-electron chi connectivity index (χ0n) is 21.3. The second-order valence-corrected chi connectivity index (χ2v) is 9.58. The Morgan fingerprint density at radius 2 is 1.54 bits per heavy atom. The first-order valence-corrected chi connectivity index (χ1v) is 13.1. The molecule has 4 aromatic rings. The molecule has 4 aromatic carbocycles. The number of carbonyl (C=O) groups is 1. The smallest absolute Gasteiger partial charge is 0.271 e. The van der Waals surface area contributed by atoms with Gasteiger partial charge in [0.15, 0.2) is 23.0 Å². The first-order valence-electron chi connectivity index (χ1n) is 11.9. The predicted octanol–water partition coefficient (Wildman–Crippen LogP) is 7.04. The Balaban J connectivity index is 1.38. The highest BCUT2D eigenvalue weighted by molar-refractivity contribution is 9.10. The molecular weight excluding hydrogens is 584 g/mol. The van der Waals surface area contributed by atoms with Gasteiger partial charge < -0.3 is 18.9 Å². The molecule has 0 bridgehead atoms. The largest absolute Gasteiger partial charge is 0.493 e. The Hall–Kier alpha value is -4.01. The number of rotatable bonds is 11. The molecule has 0 radical (unpaired) electrons. The van der Waals surface area contributed by atoms with Gasteiger partial charge in [-0.3, -0.25) is 4.79 Å². The Morgan fingerprint density at radius 3 is 2.26 bits per heavy atom. The fourth-order valence-corrected chi connectivity index (χ4v) is 4.28. The van der Waals surface area contributed by atoms with E-state index in [4.69, 9.17) is 30.5 Å². The molecule has 0 saturated heterocycles. The van der Waals surface area contributed by atoms with E-state index >= 15 is 0 Å². The van der Waals surface area contributed by atoms with E-state index in [0.29, 0.717) is 56.8 Å². The van der Waals surface area contributed by atoms with Crippen LogP contribution in [0.15, 0.2) is 94.5 Å². The second kappa shape index (κ2) is 13.7. The van der Waals surface area contributed by atoms with Gasteiger partial charge in [-0.05, 0) is 75.1 Å². The molecule has 0 spiro atoms. The van der Waals surface area contributed by atoms with Crippen LogP contribution < -0.4 is 24.4 Å². The highest BCUT2D eigenvalue weighted by Gasteiger charge is 2.13. The van der Waals surface area contributed by atoms with Crippen molar-refractivity contribution in [3.8, 4) is 23.0 Å². The van der Waals surface area contributed by atoms with Gasteiger partial charge in [-0.25, -0.2) is 5.43 Å². The summed E-state index contributed by atoms with van der Waals surface area (Å²) in [5.41, 5.74) is 5.60. The van der Waals surface area contributed by atoms with Crippen LogP contribution >= 0.6 is 27.5 Å². The molecule has 1 amide bonds. The number of ether oxygens (including phenoxy) is 4. The molecule has 0 unspecified atom stereocenters. The molecule has 200 valence electrons. The number of nitrogens with zero attached hydrogens (tertiary/aromatic N) is 1. The van der Waals surface area contributed by atoms with Crippen molar-refractivity contribution in [2.75, 3.05) is 14.2 Å². The molecule has 0 aromatic heterocycles. The number of hydrogen-bond donors (Lipinski definition) is 1. The zero-order valence-corrected chi connectivity index (χ0v) is 23.7. The van der Waals surface area contributed by atoms with Gasteiger partial charge in [0.1, 0.15) is 13.2 Å². The van der Waals surface area contributed by atoms with E-state index < -0.39 is 5.91 Å². The molecule has 0 fully saturated rings. The summed E-state index contributed by atoms with van der Waals surface area (Å²) in [6.45, 7) is 0.728. The van der Waals surface area contributed by atoms with Gasteiger partial charge in [-0.15, -0.1) is 0 Å². The average Bonchev–Trinajstić information content (AvgIpc) is 2.96. The van der Waals surface area contributed by atoms with Crippen molar-refractivity contribution in [3.63, 3.8) is 0 Å². The fourth-order valence-electron chi connectivity index (χ4n) is 3.58. The maximum Gasteiger partial charge on any atom is 0.271 e. The van der Waals surface area contributed by atoms with Crippen LogP contribution in [0.4, 0.5) is 0 Å². The third-order valence-electron chi connectivity index (χ3n) is 5.59. The summed E-state index contributed by atoms with van der Waals surface area (Å²) in [6, 6.07) is 25.7. The van der Waals surface area contributed by atoms with Gasteiger partial charge in [0.05, 0.1) is 24.9 Å². The van der Waals surface area contributed by atoms with E-state index in [2.05, 4.69) is 26.5 Å². The van der Waals surface area contributed by atoms with Crippen LogP contribution in [0, 0.1) is 0 Å². The van der Waals surface area contributed by atoms with E-state index in [1.807, 2.05) is 60.7 Å². The van der Waals surface area contributed by atoms with E-state index in [9.17, 15) is 4.79 Å². The number of halogens is 2. The molecule has 9 heteroatoms. The lowest BCUT2D eigenvalue weighted by molar-refractivity contribution is 0.0954. The van der Waals surface area contributed by atoms with E-state index in [0.717, 1.165) is 11.1 Å².